The molecule has 3 aromatic rings. The summed E-state index contributed by atoms with van der Waals surface area (Å²) in [5.41, 5.74) is 3.01. The first-order valence-corrected chi connectivity index (χ1v) is 11.9. The Balaban J connectivity index is 1.30. The fourth-order valence-corrected chi connectivity index (χ4v) is 4.92. The molecule has 1 amide bonds. The molecule has 0 spiro atoms. The van der Waals surface area contributed by atoms with Crippen molar-refractivity contribution in [3.63, 3.8) is 0 Å². The Morgan fingerprint density at radius 3 is 2.44 bits per heavy atom. The average Bonchev–Trinajstić information content (AvgIpc) is 3.55. The number of carbonyl (C=O) groups excluding carboxylic acids is 2. The van der Waals surface area contributed by atoms with Gasteiger partial charge in [-0.15, -0.1) is 0 Å². The van der Waals surface area contributed by atoms with Crippen LogP contribution in [0.25, 0.3) is 11.3 Å². The van der Waals surface area contributed by atoms with E-state index < -0.39 is 5.97 Å². The van der Waals surface area contributed by atoms with Crippen molar-refractivity contribution in [2.24, 2.45) is 5.92 Å². The maximum absolute atomic E-state index is 13.5. The molecule has 2 atom stereocenters. The van der Waals surface area contributed by atoms with Gasteiger partial charge in [-0.2, -0.15) is 5.10 Å². The normalized spacial score (nSPS) is 20.2. The zero-order valence-corrected chi connectivity index (χ0v) is 19.2. The number of hydrogen-bond acceptors (Lipinski definition) is 4. The van der Waals surface area contributed by atoms with E-state index in [1.165, 1.54) is 17.7 Å². The predicted molar refractivity (Wildman–Crippen MR) is 126 cm³/mol. The van der Waals surface area contributed by atoms with Gasteiger partial charge in [-0.25, -0.2) is 9.18 Å². The number of carbonyl (C=O) groups is 2. The molecule has 2 aliphatic rings. The van der Waals surface area contributed by atoms with Crippen molar-refractivity contribution in [3.05, 3.63) is 77.7 Å². The molecule has 0 radical (unpaired) electrons. The average molecular weight is 462 g/mol. The van der Waals surface area contributed by atoms with Crippen LogP contribution in [0, 0.1) is 11.7 Å². The number of ether oxygens (including phenoxy) is 1. The number of rotatable bonds is 6. The van der Waals surface area contributed by atoms with Gasteiger partial charge in [0.05, 0.1) is 18.3 Å². The number of likely N-dealkylation sites (tertiary alicyclic amines) is 1. The lowest BCUT2D eigenvalue weighted by atomic mass is 10.0. The second kappa shape index (κ2) is 9.41. The first kappa shape index (κ1) is 22.3. The molecule has 2 aromatic carbocycles. The summed E-state index contributed by atoms with van der Waals surface area (Å²) in [6, 6.07) is 18.2. The highest BCUT2D eigenvalue weighted by molar-refractivity contribution is 5.88. The Morgan fingerprint density at radius 1 is 1.06 bits per heavy atom. The SMILES string of the molecule is CCOC(=O)c1cc(-c2ccc(F)cc2)n(C2CCN(C(=O)[C@H]3C[C@H]3c3ccccc3)CC2)n1. The molecule has 176 valence electrons. The lowest BCUT2D eigenvalue weighted by Crippen LogP contribution is -2.40. The van der Waals surface area contributed by atoms with Gasteiger partial charge in [-0.05, 0) is 68.0 Å². The zero-order chi connectivity index (χ0) is 23.7. The number of aromatic nitrogens is 2. The lowest BCUT2D eigenvalue weighted by Gasteiger charge is -2.33. The number of piperidine rings is 1. The van der Waals surface area contributed by atoms with Crippen molar-refractivity contribution in [3.8, 4) is 11.3 Å². The van der Waals surface area contributed by atoms with Gasteiger partial charge in [-0.1, -0.05) is 30.3 Å². The van der Waals surface area contributed by atoms with Crippen molar-refractivity contribution in [1.29, 1.82) is 0 Å². The Kier molecular flexibility index (Phi) is 6.18. The van der Waals surface area contributed by atoms with Crippen molar-refractivity contribution in [1.82, 2.24) is 14.7 Å². The largest absolute Gasteiger partial charge is 0.461 e. The zero-order valence-electron chi connectivity index (χ0n) is 19.2. The van der Waals surface area contributed by atoms with Gasteiger partial charge < -0.3 is 9.64 Å². The summed E-state index contributed by atoms with van der Waals surface area (Å²) in [5.74, 6) is -0.151. The van der Waals surface area contributed by atoms with Crippen LogP contribution in [0.4, 0.5) is 4.39 Å². The van der Waals surface area contributed by atoms with Gasteiger partial charge in [0.2, 0.25) is 5.91 Å². The molecule has 1 aliphatic heterocycles. The Hall–Kier alpha value is -3.48. The molecular weight excluding hydrogens is 433 g/mol. The van der Waals surface area contributed by atoms with Crippen LogP contribution in [0.3, 0.4) is 0 Å². The Morgan fingerprint density at radius 2 is 1.76 bits per heavy atom. The van der Waals surface area contributed by atoms with Crippen LogP contribution in [-0.2, 0) is 9.53 Å². The molecule has 0 bridgehead atoms. The first-order valence-electron chi connectivity index (χ1n) is 11.9. The van der Waals surface area contributed by atoms with Gasteiger partial charge in [0.1, 0.15) is 5.82 Å². The number of esters is 1. The minimum absolute atomic E-state index is 0.0383. The molecule has 5 rings (SSSR count). The van der Waals surface area contributed by atoms with Crippen LogP contribution >= 0.6 is 0 Å². The van der Waals surface area contributed by atoms with E-state index in [-0.39, 0.29) is 36.0 Å². The van der Waals surface area contributed by atoms with Crippen LogP contribution < -0.4 is 0 Å². The van der Waals surface area contributed by atoms with E-state index in [1.54, 1.807) is 25.1 Å². The first-order chi connectivity index (χ1) is 16.5. The fourth-order valence-electron chi connectivity index (χ4n) is 4.92. The second-order valence-corrected chi connectivity index (χ2v) is 9.00. The monoisotopic (exact) mass is 461 g/mol. The van der Waals surface area contributed by atoms with Crippen molar-refractivity contribution in [2.75, 3.05) is 19.7 Å². The summed E-state index contributed by atoms with van der Waals surface area (Å²) >= 11 is 0. The molecule has 1 aromatic heterocycles. The minimum Gasteiger partial charge on any atom is -0.461 e. The number of amides is 1. The smallest absolute Gasteiger partial charge is 0.358 e. The van der Waals surface area contributed by atoms with E-state index in [0.717, 1.165) is 30.5 Å². The maximum atomic E-state index is 13.5. The molecule has 6 nitrogen and oxygen atoms in total. The van der Waals surface area contributed by atoms with E-state index in [1.807, 2.05) is 27.8 Å². The highest BCUT2D eigenvalue weighted by Crippen LogP contribution is 2.48. The Labute approximate surface area is 198 Å². The molecule has 34 heavy (non-hydrogen) atoms. The van der Waals surface area contributed by atoms with E-state index in [0.29, 0.717) is 19.0 Å². The van der Waals surface area contributed by atoms with Crippen LogP contribution in [0.1, 0.15) is 54.2 Å². The number of benzene rings is 2. The van der Waals surface area contributed by atoms with Crippen molar-refractivity contribution in [2.45, 2.75) is 38.1 Å². The summed E-state index contributed by atoms with van der Waals surface area (Å²) in [4.78, 5) is 27.4. The van der Waals surface area contributed by atoms with Gasteiger partial charge in [0.25, 0.3) is 0 Å². The highest BCUT2D eigenvalue weighted by Gasteiger charge is 2.46. The topological polar surface area (TPSA) is 64.4 Å². The summed E-state index contributed by atoms with van der Waals surface area (Å²) in [6.07, 6.45) is 2.40. The highest BCUT2D eigenvalue weighted by atomic mass is 19.1. The standard InChI is InChI=1S/C27H28FN3O3/c1-2-34-27(33)24-17-25(19-8-10-20(28)11-9-19)31(29-24)21-12-14-30(15-13-21)26(32)23-16-22(23)18-6-4-3-5-7-18/h3-11,17,21-23H,2,12-16H2,1H3/t22-,23-/m0/s1. The van der Waals surface area contributed by atoms with Gasteiger partial charge in [0.15, 0.2) is 5.69 Å². The van der Waals surface area contributed by atoms with E-state index in [4.69, 9.17) is 4.74 Å². The minimum atomic E-state index is -0.474. The van der Waals surface area contributed by atoms with Crippen molar-refractivity contribution < 1.29 is 18.7 Å². The summed E-state index contributed by atoms with van der Waals surface area (Å²) in [7, 11) is 0. The molecule has 2 heterocycles. The van der Waals surface area contributed by atoms with Gasteiger partial charge in [0, 0.05) is 24.6 Å². The summed E-state index contributed by atoms with van der Waals surface area (Å²) in [6.45, 7) is 3.33. The van der Waals surface area contributed by atoms with E-state index in [9.17, 15) is 14.0 Å². The van der Waals surface area contributed by atoms with Crippen LogP contribution in [0.15, 0.2) is 60.7 Å². The quantitative estimate of drug-likeness (QED) is 0.493. The number of hydrogen-bond donors (Lipinski definition) is 0. The van der Waals surface area contributed by atoms with Gasteiger partial charge >= 0.3 is 5.97 Å². The molecule has 1 aliphatic carbocycles. The third-order valence-electron chi connectivity index (χ3n) is 6.82. The maximum Gasteiger partial charge on any atom is 0.358 e. The molecule has 0 unspecified atom stereocenters. The third kappa shape index (κ3) is 4.47. The van der Waals surface area contributed by atoms with Crippen LogP contribution in [0.2, 0.25) is 0 Å². The second-order valence-electron chi connectivity index (χ2n) is 9.00. The number of nitrogens with zero attached hydrogens (tertiary/aromatic N) is 3. The molecule has 7 heteroatoms. The van der Waals surface area contributed by atoms with E-state index in [2.05, 4.69) is 17.2 Å². The van der Waals surface area contributed by atoms with Crippen LogP contribution in [0.5, 0.6) is 0 Å². The third-order valence-corrected chi connectivity index (χ3v) is 6.82. The molecule has 1 saturated heterocycles. The number of halogens is 1. The molecule has 0 N–H and O–H groups in total. The lowest BCUT2D eigenvalue weighted by molar-refractivity contribution is -0.134. The molecule has 2 fully saturated rings. The molecule has 1 saturated carbocycles. The summed E-state index contributed by atoms with van der Waals surface area (Å²) in [5, 5.41) is 4.57. The van der Waals surface area contributed by atoms with Crippen molar-refractivity contribution >= 4 is 11.9 Å². The van der Waals surface area contributed by atoms with Gasteiger partial charge in [-0.3, -0.25) is 9.48 Å². The van der Waals surface area contributed by atoms with Crippen LogP contribution in [-0.4, -0.2) is 46.3 Å². The predicted octanol–water partition coefficient (Wildman–Crippen LogP) is 4.83. The Bertz CT molecular complexity index is 1170. The molecular formula is C27H28FN3O3. The summed E-state index contributed by atoms with van der Waals surface area (Å²) < 4.78 is 20.5. The van der Waals surface area contributed by atoms with E-state index >= 15 is 0 Å². The fraction of sp³-hybridized carbons (Fsp3) is 0.370.